The van der Waals surface area contributed by atoms with E-state index in [2.05, 4.69) is 0 Å². The Morgan fingerprint density at radius 3 is 2.58 bits per heavy atom. The zero-order valence-electron chi connectivity index (χ0n) is 15.1. The molecule has 140 valence electrons. The number of rotatable bonds is 5. The highest BCUT2D eigenvalue weighted by Crippen LogP contribution is 2.33. The third-order valence-corrected chi connectivity index (χ3v) is 6.96. The molecule has 0 N–H and O–H groups in total. The second-order valence-corrected chi connectivity index (χ2v) is 9.70. The summed E-state index contributed by atoms with van der Waals surface area (Å²) in [6.07, 6.45) is 0.187. The van der Waals surface area contributed by atoms with Crippen LogP contribution < -0.4 is 0 Å². The summed E-state index contributed by atoms with van der Waals surface area (Å²) < 4.78 is 33.7. The summed E-state index contributed by atoms with van der Waals surface area (Å²) >= 11 is 6.08. The van der Waals surface area contributed by atoms with Crippen molar-refractivity contribution in [3.8, 4) is 0 Å². The lowest BCUT2D eigenvalue weighted by Crippen LogP contribution is -2.56. The lowest BCUT2D eigenvalue weighted by molar-refractivity contribution is -0.0654. The maximum Gasteiger partial charge on any atom is 0.215 e. The Balaban J connectivity index is 1.78. The van der Waals surface area contributed by atoms with Crippen LogP contribution in [0, 0.1) is 0 Å². The first-order chi connectivity index (χ1) is 12.3. The van der Waals surface area contributed by atoms with Gasteiger partial charge >= 0.3 is 0 Å². The van der Waals surface area contributed by atoms with Gasteiger partial charge in [-0.3, -0.25) is 0 Å². The van der Waals surface area contributed by atoms with E-state index < -0.39 is 15.6 Å². The van der Waals surface area contributed by atoms with Crippen LogP contribution in [0.15, 0.2) is 54.6 Å². The number of sulfonamides is 1. The number of morpholine rings is 1. The minimum Gasteiger partial charge on any atom is -0.370 e. The molecule has 1 saturated heterocycles. The zero-order chi connectivity index (χ0) is 18.8. The lowest BCUT2D eigenvalue weighted by atomic mass is 10.0. The molecule has 1 atom stereocenters. The van der Waals surface area contributed by atoms with Gasteiger partial charge in [0.15, 0.2) is 0 Å². The molecule has 1 aliphatic heterocycles. The van der Waals surface area contributed by atoms with E-state index in [1.807, 2.05) is 62.4 Å². The molecule has 0 saturated carbocycles. The predicted octanol–water partition coefficient (Wildman–Crippen LogP) is 4.06. The van der Waals surface area contributed by atoms with E-state index in [0.717, 1.165) is 11.1 Å². The first kappa shape index (κ1) is 19.4. The van der Waals surface area contributed by atoms with Crippen molar-refractivity contribution in [3.63, 3.8) is 0 Å². The molecule has 0 aliphatic carbocycles. The van der Waals surface area contributed by atoms with Crippen molar-refractivity contribution in [1.29, 1.82) is 0 Å². The molecule has 0 amide bonds. The van der Waals surface area contributed by atoms with Crippen LogP contribution in [-0.4, -0.2) is 37.2 Å². The number of aryl methyl sites for hydroxylation is 1. The van der Waals surface area contributed by atoms with Gasteiger partial charge in [-0.1, -0.05) is 54.1 Å². The van der Waals surface area contributed by atoms with Gasteiger partial charge in [0.05, 0.1) is 24.0 Å². The van der Waals surface area contributed by atoms with E-state index in [4.69, 9.17) is 16.3 Å². The SMILES string of the molecule is CC1(C)COC(c2cccc(Cl)c2)CN1S(=O)(=O)CCc1ccccc1. The van der Waals surface area contributed by atoms with Crippen LogP contribution in [0.3, 0.4) is 0 Å². The Kier molecular flexibility index (Phi) is 5.72. The zero-order valence-corrected chi connectivity index (χ0v) is 16.6. The van der Waals surface area contributed by atoms with E-state index in [1.54, 1.807) is 10.4 Å². The van der Waals surface area contributed by atoms with Gasteiger partial charge in [-0.15, -0.1) is 0 Å². The Morgan fingerprint density at radius 1 is 1.15 bits per heavy atom. The number of ether oxygens (including phenoxy) is 1. The van der Waals surface area contributed by atoms with Crippen molar-refractivity contribution in [3.05, 3.63) is 70.7 Å². The highest BCUT2D eigenvalue weighted by Gasteiger charge is 2.42. The average Bonchev–Trinajstić information content (AvgIpc) is 2.60. The Bertz CT molecular complexity index is 852. The molecule has 2 aromatic rings. The number of hydrogen-bond donors (Lipinski definition) is 0. The normalized spacial score (nSPS) is 20.8. The fourth-order valence-electron chi connectivity index (χ4n) is 3.23. The van der Waals surface area contributed by atoms with Gasteiger partial charge in [0.25, 0.3) is 0 Å². The number of nitrogens with zero attached hydrogens (tertiary/aromatic N) is 1. The second kappa shape index (κ2) is 7.69. The van der Waals surface area contributed by atoms with Crippen LogP contribution in [-0.2, 0) is 21.2 Å². The molecule has 3 rings (SSSR count). The smallest absolute Gasteiger partial charge is 0.215 e. The summed E-state index contributed by atoms with van der Waals surface area (Å²) in [4.78, 5) is 0. The van der Waals surface area contributed by atoms with Gasteiger partial charge in [0.1, 0.15) is 0 Å². The molecule has 1 unspecified atom stereocenters. The molecular formula is C20H24ClNO3S. The molecule has 2 aromatic carbocycles. The van der Waals surface area contributed by atoms with Crippen LogP contribution in [0.2, 0.25) is 5.02 Å². The van der Waals surface area contributed by atoms with Gasteiger partial charge in [-0.25, -0.2) is 8.42 Å². The summed E-state index contributed by atoms with van der Waals surface area (Å²) in [6.45, 7) is 4.45. The van der Waals surface area contributed by atoms with Crippen molar-refractivity contribution in [2.24, 2.45) is 0 Å². The van der Waals surface area contributed by atoms with Crippen molar-refractivity contribution >= 4 is 21.6 Å². The van der Waals surface area contributed by atoms with Gasteiger partial charge in [0, 0.05) is 11.6 Å². The maximum absolute atomic E-state index is 13.1. The van der Waals surface area contributed by atoms with Crippen LogP contribution in [0.5, 0.6) is 0 Å². The molecule has 1 aliphatic rings. The van der Waals surface area contributed by atoms with Gasteiger partial charge in [-0.2, -0.15) is 4.31 Å². The highest BCUT2D eigenvalue weighted by atomic mass is 35.5. The Labute approximate surface area is 160 Å². The predicted molar refractivity (Wildman–Crippen MR) is 105 cm³/mol. The molecule has 0 bridgehead atoms. The molecule has 1 heterocycles. The highest BCUT2D eigenvalue weighted by molar-refractivity contribution is 7.89. The molecular weight excluding hydrogens is 370 g/mol. The largest absolute Gasteiger partial charge is 0.370 e. The van der Waals surface area contributed by atoms with Crippen molar-refractivity contribution in [1.82, 2.24) is 4.31 Å². The van der Waals surface area contributed by atoms with Crippen molar-refractivity contribution < 1.29 is 13.2 Å². The fourth-order valence-corrected chi connectivity index (χ4v) is 5.31. The summed E-state index contributed by atoms with van der Waals surface area (Å²) in [6, 6.07) is 17.1. The van der Waals surface area contributed by atoms with Crippen molar-refractivity contribution in [2.75, 3.05) is 18.9 Å². The first-order valence-corrected chi connectivity index (χ1v) is 10.7. The summed E-state index contributed by atoms with van der Waals surface area (Å²) in [5, 5.41) is 0.620. The van der Waals surface area contributed by atoms with Crippen LogP contribution in [0.4, 0.5) is 0 Å². The van der Waals surface area contributed by atoms with Crippen LogP contribution >= 0.6 is 11.6 Å². The Morgan fingerprint density at radius 2 is 1.88 bits per heavy atom. The monoisotopic (exact) mass is 393 g/mol. The summed E-state index contributed by atoms with van der Waals surface area (Å²) in [5.74, 6) is 0.0860. The van der Waals surface area contributed by atoms with Crippen LogP contribution in [0.1, 0.15) is 31.1 Å². The van der Waals surface area contributed by atoms with Gasteiger partial charge in [-0.05, 0) is 43.5 Å². The number of hydrogen-bond acceptors (Lipinski definition) is 3. The quantitative estimate of drug-likeness (QED) is 0.769. The average molecular weight is 394 g/mol. The molecule has 4 nitrogen and oxygen atoms in total. The second-order valence-electron chi connectivity index (χ2n) is 7.25. The topological polar surface area (TPSA) is 46.6 Å². The molecule has 1 fully saturated rings. The standard InChI is InChI=1S/C20H24ClNO3S/c1-20(2)15-25-19(17-9-6-10-18(21)13-17)14-22(20)26(23,24)12-11-16-7-4-3-5-8-16/h3-10,13,19H,11-12,14-15H2,1-2H3. The molecule has 6 heteroatoms. The first-order valence-electron chi connectivity index (χ1n) is 8.69. The fraction of sp³-hybridized carbons (Fsp3) is 0.400. The summed E-state index contributed by atoms with van der Waals surface area (Å²) in [7, 11) is -3.42. The van der Waals surface area contributed by atoms with Gasteiger partial charge in [0.2, 0.25) is 10.0 Å². The third kappa shape index (κ3) is 4.46. The summed E-state index contributed by atoms with van der Waals surface area (Å²) in [5.41, 5.74) is 1.34. The maximum atomic E-state index is 13.1. The third-order valence-electron chi connectivity index (χ3n) is 4.69. The van der Waals surface area contributed by atoms with Crippen molar-refractivity contribution in [2.45, 2.75) is 31.9 Å². The minimum atomic E-state index is -3.42. The molecule has 26 heavy (non-hydrogen) atoms. The van der Waals surface area contributed by atoms with Gasteiger partial charge < -0.3 is 4.74 Å². The van der Waals surface area contributed by atoms with E-state index in [9.17, 15) is 8.42 Å². The minimum absolute atomic E-state index is 0.0860. The lowest BCUT2D eigenvalue weighted by Gasteiger charge is -2.44. The van der Waals surface area contributed by atoms with E-state index in [1.165, 1.54) is 0 Å². The molecule has 0 aromatic heterocycles. The molecule has 0 radical (unpaired) electrons. The van der Waals surface area contributed by atoms with E-state index in [0.29, 0.717) is 24.6 Å². The van der Waals surface area contributed by atoms with E-state index >= 15 is 0 Å². The number of halogens is 1. The van der Waals surface area contributed by atoms with E-state index in [-0.39, 0.29) is 11.9 Å². The van der Waals surface area contributed by atoms with Crippen LogP contribution in [0.25, 0.3) is 0 Å². The number of benzene rings is 2. The Hall–Kier alpha value is -1.40. The molecule has 0 spiro atoms.